The van der Waals surface area contributed by atoms with E-state index in [1.165, 1.54) is 57.8 Å². The van der Waals surface area contributed by atoms with Crippen LogP contribution in [0.3, 0.4) is 0 Å². The molecule has 1 N–H and O–H groups in total. The van der Waals surface area contributed by atoms with Gasteiger partial charge in [-0.2, -0.15) is 0 Å². The van der Waals surface area contributed by atoms with Crippen molar-refractivity contribution >= 4 is 11.7 Å². The zero-order chi connectivity index (χ0) is 18.5. The van der Waals surface area contributed by atoms with Gasteiger partial charge < -0.3 is 5.32 Å². The zero-order valence-electron chi connectivity index (χ0n) is 16.8. The first-order valence-corrected chi connectivity index (χ1v) is 11.1. The van der Waals surface area contributed by atoms with Crippen LogP contribution in [-0.2, 0) is 9.59 Å². The Morgan fingerprint density at radius 1 is 0.692 bits per heavy atom. The smallest absolute Gasteiger partial charge is 0.217 e. The summed E-state index contributed by atoms with van der Waals surface area (Å²) in [5.74, 6) is 0.818. The summed E-state index contributed by atoms with van der Waals surface area (Å²) >= 11 is 0. The van der Waals surface area contributed by atoms with Crippen LogP contribution in [0.4, 0.5) is 0 Å². The number of hydrogen-bond donors (Lipinski definition) is 1. The van der Waals surface area contributed by atoms with Gasteiger partial charge in [0.2, 0.25) is 5.91 Å². The topological polar surface area (TPSA) is 49.4 Å². The quantitative estimate of drug-likeness (QED) is 0.797. The van der Waals surface area contributed by atoms with Gasteiger partial charge in [0.15, 0.2) is 0 Å². The summed E-state index contributed by atoms with van der Waals surface area (Å²) in [6.45, 7) is 3.40. The predicted molar refractivity (Wildman–Crippen MR) is 105 cm³/mol. The Morgan fingerprint density at radius 3 is 1.69 bits per heavy atom. The average molecular weight is 363 g/mol. The van der Waals surface area contributed by atoms with Gasteiger partial charge >= 0.3 is 0 Å². The molecule has 148 valence electrons. The molecule has 0 spiro atoms. The molecule has 26 heavy (non-hydrogen) atoms. The lowest BCUT2D eigenvalue weighted by Crippen LogP contribution is -2.53. The van der Waals surface area contributed by atoms with Crippen LogP contribution in [0.25, 0.3) is 0 Å². The zero-order valence-corrected chi connectivity index (χ0v) is 16.8. The standard InChI is InChI=1S/C22H38N2O2/c1-16(25)18-8-12-21(13-9-18)24(20-6-4-3-5-7-20)22-14-10-19(11-15-22)23-17(2)26/h18-22H,3-15H2,1-2H3,(H,23,26). The number of carbonyl (C=O) groups excluding carboxylic acids is 2. The third kappa shape index (κ3) is 5.09. The van der Waals surface area contributed by atoms with E-state index in [0.717, 1.165) is 31.7 Å². The van der Waals surface area contributed by atoms with Crippen molar-refractivity contribution in [2.75, 3.05) is 0 Å². The Balaban J connectivity index is 1.63. The molecule has 0 aromatic carbocycles. The lowest BCUT2D eigenvalue weighted by molar-refractivity contribution is -0.122. The van der Waals surface area contributed by atoms with E-state index in [9.17, 15) is 9.59 Å². The van der Waals surface area contributed by atoms with E-state index in [1.807, 2.05) is 0 Å². The van der Waals surface area contributed by atoms with E-state index in [1.54, 1.807) is 13.8 Å². The number of carbonyl (C=O) groups is 2. The first-order valence-electron chi connectivity index (χ1n) is 11.1. The lowest BCUT2D eigenvalue weighted by Gasteiger charge is -2.48. The Labute approximate surface area is 159 Å². The molecule has 4 heteroatoms. The van der Waals surface area contributed by atoms with E-state index in [2.05, 4.69) is 10.2 Å². The minimum Gasteiger partial charge on any atom is -0.354 e. The van der Waals surface area contributed by atoms with E-state index >= 15 is 0 Å². The second-order valence-electron chi connectivity index (χ2n) is 9.06. The molecule has 0 atom stereocenters. The van der Waals surface area contributed by atoms with Crippen LogP contribution in [0.15, 0.2) is 0 Å². The van der Waals surface area contributed by atoms with Gasteiger partial charge in [-0.15, -0.1) is 0 Å². The molecule has 1 amide bonds. The Hall–Kier alpha value is -0.900. The summed E-state index contributed by atoms with van der Waals surface area (Å²) in [5, 5.41) is 3.12. The van der Waals surface area contributed by atoms with Crippen molar-refractivity contribution in [3.05, 3.63) is 0 Å². The first-order chi connectivity index (χ1) is 12.5. The average Bonchev–Trinajstić information content (AvgIpc) is 2.64. The predicted octanol–water partition coefficient (Wildman–Crippen LogP) is 4.22. The summed E-state index contributed by atoms with van der Waals surface area (Å²) in [4.78, 5) is 26.0. The molecule has 3 aliphatic carbocycles. The Morgan fingerprint density at radius 2 is 1.19 bits per heavy atom. The summed E-state index contributed by atoms with van der Waals surface area (Å²) in [5.41, 5.74) is 0. The molecule has 3 aliphatic rings. The minimum atomic E-state index is 0.111. The number of hydrogen-bond acceptors (Lipinski definition) is 3. The molecule has 4 nitrogen and oxygen atoms in total. The van der Waals surface area contributed by atoms with Crippen LogP contribution in [0.1, 0.15) is 97.3 Å². The summed E-state index contributed by atoms with van der Waals surface area (Å²) in [6.07, 6.45) is 16.1. The number of nitrogens with zero attached hydrogens (tertiary/aromatic N) is 1. The number of ketones is 1. The Bertz CT molecular complexity index is 471. The molecular formula is C22H38N2O2. The van der Waals surface area contributed by atoms with Crippen molar-refractivity contribution in [2.45, 2.75) is 121 Å². The van der Waals surface area contributed by atoms with Crippen molar-refractivity contribution in [3.8, 4) is 0 Å². The van der Waals surface area contributed by atoms with Crippen LogP contribution in [0, 0.1) is 5.92 Å². The maximum absolute atomic E-state index is 11.8. The molecule has 3 saturated carbocycles. The molecule has 0 aromatic heterocycles. The molecule has 0 heterocycles. The van der Waals surface area contributed by atoms with Crippen molar-refractivity contribution in [3.63, 3.8) is 0 Å². The number of Topliss-reactive ketones (excluding diaryl/α,β-unsaturated/α-hetero) is 1. The monoisotopic (exact) mass is 362 g/mol. The fourth-order valence-corrected chi connectivity index (χ4v) is 5.86. The second-order valence-corrected chi connectivity index (χ2v) is 9.06. The lowest BCUT2D eigenvalue weighted by atomic mass is 9.79. The van der Waals surface area contributed by atoms with Crippen LogP contribution in [0.2, 0.25) is 0 Å². The first kappa shape index (κ1) is 19.9. The van der Waals surface area contributed by atoms with Crippen molar-refractivity contribution in [1.82, 2.24) is 10.2 Å². The van der Waals surface area contributed by atoms with Gasteiger partial charge in [0.05, 0.1) is 0 Å². The maximum atomic E-state index is 11.8. The van der Waals surface area contributed by atoms with Crippen LogP contribution in [-0.4, -0.2) is 40.8 Å². The molecule has 0 aromatic rings. The fraction of sp³-hybridized carbons (Fsp3) is 0.909. The SMILES string of the molecule is CC(=O)NC1CCC(N(C2CCCCC2)C2CCC(C(C)=O)CC2)CC1. The largest absolute Gasteiger partial charge is 0.354 e. The van der Waals surface area contributed by atoms with Gasteiger partial charge in [-0.05, 0) is 71.1 Å². The van der Waals surface area contributed by atoms with E-state index in [4.69, 9.17) is 0 Å². The fourth-order valence-electron chi connectivity index (χ4n) is 5.86. The number of rotatable bonds is 5. The number of amides is 1. The molecule has 0 aliphatic heterocycles. The molecule has 0 bridgehead atoms. The third-order valence-electron chi connectivity index (χ3n) is 7.22. The number of nitrogens with one attached hydrogen (secondary N) is 1. The minimum absolute atomic E-state index is 0.111. The highest BCUT2D eigenvalue weighted by molar-refractivity contribution is 5.78. The molecule has 3 fully saturated rings. The highest BCUT2D eigenvalue weighted by Crippen LogP contribution is 2.37. The highest BCUT2D eigenvalue weighted by atomic mass is 16.1. The molecule has 0 radical (unpaired) electrons. The molecular weight excluding hydrogens is 324 g/mol. The van der Waals surface area contributed by atoms with Crippen molar-refractivity contribution in [1.29, 1.82) is 0 Å². The van der Waals surface area contributed by atoms with Gasteiger partial charge in [-0.25, -0.2) is 0 Å². The van der Waals surface area contributed by atoms with Gasteiger partial charge in [-0.3, -0.25) is 14.5 Å². The van der Waals surface area contributed by atoms with E-state index in [-0.39, 0.29) is 5.91 Å². The van der Waals surface area contributed by atoms with Crippen LogP contribution in [0.5, 0.6) is 0 Å². The van der Waals surface area contributed by atoms with Crippen LogP contribution < -0.4 is 5.32 Å². The molecule has 3 rings (SSSR count). The Kier molecular flexibility index (Phi) is 7.13. The maximum Gasteiger partial charge on any atom is 0.217 e. The summed E-state index contributed by atoms with van der Waals surface area (Å²) in [7, 11) is 0. The van der Waals surface area contributed by atoms with E-state index < -0.39 is 0 Å². The summed E-state index contributed by atoms with van der Waals surface area (Å²) in [6, 6.07) is 2.49. The van der Waals surface area contributed by atoms with Gasteiger partial charge in [0, 0.05) is 37.0 Å². The second kappa shape index (κ2) is 9.34. The normalized spacial score (nSPS) is 33.8. The van der Waals surface area contributed by atoms with Crippen LogP contribution >= 0.6 is 0 Å². The van der Waals surface area contributed by atoms with E-state index in [0.29, 0.717) is 29.8 Å². The highest BCUT2D eigenvalue weighted by Gasteiger charge is 2.37. The van der Waals surface area contributed by atoms with Crippen molar-refractivity contribution < 1.29 is 9.59 Å². The molecule has 0 saturated heterocycles. The third-order valence-corrected chi connectivity index (χ3v) is 7.22. The van der Waals surface area contributed by atoms with Crippen molar-refractivity contribution in [2.24, 2.45) is 5.92 Å². The molecule has 0 unspecified atom stereocenters. The van der Waals surface area contributed by atoms with Gasteiger partial charge in [0.25, 0.3) is 0 Å². The summed E-state index contributed by atoms with van der Waals surface area (Å²) < 4.78 is 0. The van der Waals surface area contributed by atoms with Gasteiger partial charge in [0.1, 0.15) is 5.78 Å². The van der Waals surface area contributed by atoms with Gasteiger partial charge in [-0.1, -0.05) is 19.3 Å².